The number of nitrogens with zero attached hydrogens (tertiary/aromatic N) is 3. The van der Waals surface area contributed by atoms with Crippen LogP contribution >= 0.6 is 11.3 Å². The summed E-state index contributed by atoms with van der Waals surface area (Å²) in [6.45, 7) is 36.0. The molecule has 6 aromatic heterocycles. The molecule has 4 aliphatic heterocycles. The third-order valence-electron chi connectivity index (χ3n) is 10.4. The van der Waals surface area contributed by atoms with Gasteiger partial charge in [0.1, 0.15) is 6.26 Å². The average Bonchev–Trinajstić information content (AvgIpc) is 4.41. The van der Waals surface area contributed by atoms with Crippen LogP contribution in [0.3, 0.4) is 0 Å². The smallest absolute Gasteiger partial charge is 0.238 e. The van der Waals surface area contributed by atoms with Crippen molar-refractivity contribution in [2.24, 2.45) is 17.0 Å². The molecule has 4 N–H and O–H groups in total. The van der Waals surface area contributed by atoms with Gasteiger partial charge in [-0.05, 0) is 129 Å². The van der Waals surface area contributed by atoms with Crippen LogP contribution in [0.1, 0.15) is 182 Å². The number of oxazole rings is 1. The predicted octanol–water partition coefficient (Wildman–Crippen LogP) is 20.2. The van der Waals surface area contributed by atoms with Crippen molar-refractivity contribution in [3.8, 4) is 0 Å². The highest BCUT2D eigenvalue weighted by Gasteiger charge is 2.50. The summed E-state index contributed by atoms with van der Waals surface area (Å²) >= 11 is 1.60. The normalized spacial score (nSPS) is 17.2. The zero-order valence-corrected chi connectivity index (χ0v) is 54.5. The summed E-state index contributed by atoms with van der Waals surface area (Å²) in [6.07, 6.45) is 33.9. The third-order valence-corrected chi connectivity index (χ3v) is 11.8. The summed E-state index contributed by atoms with van der Waals surface area (Å²) in [5, 5.41) is 8.04. The van der Waals surface area contributed by atoms with E-state index < -0.39 is 10.0 Å². The van der Waals surface area contributed by atoms with Gasteiger partial charge in [0, 0.05) is 48.1 Å². The lowest BCUT2D eigenvalue weighted by Crippen LogP contribution is -2.21. The molecule has 4 bridgehead atoms. The summed E-state index contributed by atoms with van der Waals surface area (Å²) < 4.78 is 41.6. The van der Waals surface area contributed by atoms with E-state index in [1.54, 1.807) is 72.4 Å². The van der Waals surface area contributed by atoms with E-state index in [-0.39, 0.29) is 4.90 Å². The van der Waals surface area contributed by atoms with Crippen LogP contribution in [0, 0.1) is 11.8 Å². The molecule has 14 heteroatoms. The number of fused-ring (bicyclic) bond motifs is 8. The maximum Gasteiger partial charge on any atom is 0.238 e. The Labute approximate surface area is 492 Å². The first-order valence-electron chi connectivity index (χ1n) is 29.9. The Balaban J connectivity index is -0.000000257. The number of aromatic amines is 2. The van der Waals surface area contributed by atoms with Gasteiger partial charge in [0.25, 0.3) is 0 Å². The van der Waals surface area contributed by atoms with Crippen LogP contribution in [0.4, 0.5) is 0 Å². The maximum atomic E-state index is 10.6. The molecule has 4 saturated heterocycles. The maximum absolute atomic E-state index is 10.6. The summed E-state index contributed by atoms with van der Waals surface area (Å²) in [5.74, 6) is 1.97. The van der Waals surface area contributed by atoms with E-state index in [1.807, 2.05) is 203 Å². The van der Waals surface area contributed by atoms with Crippen molar-refractivity contribution in [1.82, 2.24) is 24.9 Å². The van der Waals surface area contributed by atoms with Gasteiger partial charge in [-0.1, -0.05) is 174 Å². The first-order valence-corrected chi connectivity index (χ1v) is 32.4. The molecule has 12 nitrogen and oxygen atoms in total. The van der Waals surface area contributed by atoms with Crippen molar-refractivity contribution in [1.29, 1.82) is 0 Å². The number of para-hydroxylation sites is 1. The second-order valence-corrected chi connectivity index (χ2v) is 16.9. The number of primary sulfonamides is 1. The molecule has 80 heavy (non-hydrogen) atoms. The van der Waals surface area contributed by atoms with Gasteiger partial charge in [0.05, 0.1) is 53.5 Å². The molecule has 1 aliphatic carbocycles. The van der Waals surface area contributed by atoms with Crippen molar-refractivity contribution < 1.29 is 26.7 Å². The minimum absolute atomic E-state index is 0.148. The largest absolute Gasteiger partial charge is 0.473 e. The standard InChI is InChI=1S/C9H14O.C8H7N.C6H7NO2S.C6H10O.C5H5N.C4H5N.C4H4O.C3H3NO.C3H3NS.9C2H6/c1-2-6-7(3-1)9-5-4-8(6)10-9;1-2-4-8-7(3-1)5-6-9-8;7-10(8,9)6-4-2-1-3-5-6;1-2-6-4-3-5(1)7-6;1-2-4-6-5-3-1;2*1-2-4-5-3-1;2*1-2-5-3-4-1;9*1-2/h6-9H,1-5H2;1-6,9H;1-5H,(H2,7,8,9);5-6H,1-4H2;1-5H;1-5H;1-4H;2*1-3H;9*1-2H3. The fraction of sp³-hybridized carbons (Fsp3) is 0.500. The van der Waals surface area contributed by atoms with Gasteiger partial charge in [-0.25, -0.2) is 18.5 Å². The minimum atomic E-state index is -3.50. The van der Waals surface area contributed by atoms with Gasteiger partial charge in [-0.15, -0.1) is 11.3 Å². The number of nitrogens with two attached hydrogens (primary N) is 1. The molecule has 454 valence electrons. The van der Waals surface area contributed by atoms with Crippen LogP contribution in [0.5, 0.6) is 0 Å². The number of ether oxygens (including phenoxy) is 2. The number of nitrogens with one attached hydrogen (secondary N) is 2. The lowest BCUT2D eigenvalue weighted by molar-refractivity contribution is 0.0814. The van der Waals surface area contributed by atoms with Gasteiger partial charge in [-0.3, -0.25) is 9.97 Å². The Kier molecular flexibility index (Phi) is 68.5. The highest BCUT2D eigenvalue weighted by Crippen LogP contribution is 2.51. The molecule has 13 rings (SSSR count). The average molecular weight is 1150 g/mol. The molecule has 0 amide bonds. The topological polar surface area (TPSA) is 175 Å². The lowest BCUT2D eigenvalue weighted by atomic mass is 9.82. The van der Waals surface area contributed by atoms with E-state index in [0.29, 0.717) is 24.4 Å². The van der Waals surface area contributed by atoms with Gasteiger partial charge in [-0.2, -0.15) is 0 Å². The number of hydrogen-bond donors (Lipinski definition) is 3. The summed E-state index contributed by atoms with van der Waals surface area (Å²) in [7, 11) is -3.50. The summed E-state index contributed by atoms with van der Waals surface area (Å²) in [4.78, 5) is 17.2. The highest BCUT2D eigenvalue weighted by molar-refractivity contribution is 7.89. The van der Waals surface area contributed by atoms with Crippen molar-refractivity contribution in [2.75, 3.05) is 0 Å². The molecule has 0 radical (unpaired) electrons. The number of sulfonamides is 1. The van der Waals surface area contributed by atoms with Crippen LogP contribution in [-0.4, -0.2) is 57.8 Å². The molecule has 4 unspecified atom stereocenters. The van der Waals surface area contributed by atoms with Gasteiger partial charge >= 0.3 is 0 Å². The number of furan rings is 1. The SMILES string of the molecule is C1CC2C3CCC(O3)C2C1.C1CC2CCC1O2.CC.CC.CC.CC.CC.CC.CC.CC.CC.NS(=O)(=O)c1ccccc1.c1cc[nH]c1.c1ccc2[nH]ccc2c1.c1ccncc1.c1ccoc1.c1cocn1.c1cscn1. The molecule has 4 atom stereocenters. The first-order chi connectivity index (χ1) is 39.5. The molecular formula is C66H112N6O6S2. The Morgan fingerprint density at radius 3 is 1.26 bits per heavy atom. The Morgan fingerprint density at radius 2 is 0.975 bits per heavy atom. The zero-order chi connectivity index (χ0) is 61.3. The van der Waals surface area contributed by atoms with Gasteiger partial charge in [0.15, 0.2) is 6.39 Å². The van der Waals surface area contributed by atoms with Crippen LogP contribution in [0.25, 0.3) is 10.9 Å². The number of aromatic nitrogens is 5. The molecule has 0 spiro atoms. The molecular weight excluding hydrogens is 1040 g/mol. The molecule has 8 aromatic rings. The van der Waals surface area contributed by atoms with E-state index in [4.69, 9.17) is 14.6 Å². The Morgan fingerprint density at radius 1 is 0.475 bits per heavy atom. The lowest BCUT2D eigenvalue weighted by Gasteiger charge is -2.19. The fourth-order valence-corrected chi connectivity index (χ4v) is 8.50. The van der Waals surface area contributed by atoms with Crippen LogP contribution in [0.15, 0.2) is 196 Å². The van der Waals surface area contributed by atoms with Crippen LogP contribution < -0.4 is 5.14 Å². The van der Waals surface area contributed by atoms with Gasteiger partial charge < -0.3 is 28.3 Å². The van der Waals surface area contributed by atoms with E-state index >= 15 is 0 Å². The monoisotopic (exact) mass is 1150 g/mol. The van der Waals surface area contributed by atoms with Gasteiger partial charge in [0.2, 0.25) is 10.0 Å². The summed E-state index contributed by atoms with van der Waals surface area (Å²) in [5.41, 5.74) is 3.00. The number of thiazole rings is 1. The van der Waals surface area contributed by atoms with Crippen LogP contribution in [0.2, 0.25) is 0 Å². The van der Waals surface area contributed by atoms with Crippen molar-refractivity contribution in [3.63, 3.8) is 0 Å². The van der Waals surface area contributed by atoms with Crippen molar-refractivity contribution in [2.45, 2.75) is 212 Å². The zero-order valence-electron chi connectivity index (χ0n) is 52.8. The first kappa shape index (κ1) is 83.2. The number of pyridine rings is 1. The second-order valence-electron chi connectivity index (χ2n) is 14.6. The number of H-pyrrole nitrogens is 2. The molecule has 5 aliphatic rings. The molecule has 2 aromatic carbocycles. The quantitative estimate of drug-likeness (QED) is 0.144. The van der Waals surface area contributed by atoms with E-state index in [1.165, 1.54) is 93.5 Å². The summed E-state index contributed by atoms with van der Waals surface area (Å²) in [6, 6.07) is 31.4. The number of hydrogen-bond acceptors (Lipinski definition) is 10. The van der Waals surface area contributed by atoms with Crippen molar-refractivity contribution >= 4 is 32.3 Å². The predicted molar refractivity (Wildman–Crippen MR) is 346 cm³/mol. The second kappa shape index (κ2) is 65.9. The third kappa shape index (κ3) is 43.2. The molecule has 5 fully saturated rings. The van der Waals surface area contributed by atoms with E-state index in [2.05, 4.69) is 52.0 Å². The molecule has 10 heterocycles. The number of benzene rings is 2. The van der Waals surface area contributed by atoms with E-state index in [9.17, 15) is 8.42 Å². The Bertz CT molecular complexity index is 2020. The molecule has 1 saturated carbocycles. The minimum Gasteiger partial charge on any atom is -0.473 e. The fourth-order valence-electron chi connectivity index (χ4n) is 7.61. The highest BCUT2D eigenvalue weighted by atomic mass is 32.2. The van der Waals surface area contributed by atoms with Crippen LogP contribution in [-0.2, 0) is 19.5 Å². The number of rotatable bonds is 1. The van der Waals surface area contributed by atoms with Crippen molar-refractivity contribution in [3.05, 3.63) is 183 Å². The Hall–Kier alpha value is -5.64. The van der Waals surface area contributed by atoms with E-state index in [0.717, 1.165) is 11.8 Å².